The number of rotatable bonds is 4. The van der Waals surface area contributed by atoms with Crippen molar-refractivity contribution in [3.05, 3.63) is 29.8 Å². The monoisotopic (exact) mass is 389 g/mol. The molecule has 7 nitrogen and oxygen atoms in total. The molecule has 1 aromatic rings. The van der Waals surface area contributed by atoms with E-state index in [-0.39, 0.29) is 28.9 Å². The van der Waals surface area contributed by atoms with Gasteiger partial charge in [-0.15, -0.1) is 12.4 Å². The van der Waals surface area contributed by atoms with Crippen molar-refractivity contribution in [2.75, 3.05) is 46.4 Å². The Hall–Kier alpha value is -1.19. The molecule has 0 aromatic heterocycles. The largest absolute Gasteiger partial charge is 0.465 e. The van der Waals surface area contributed by atoms with Crippen LogP contribution in [0.5, 0.6) is 0 Å². The molecular weight excluding hydrogens is 366 g/mol. The van der Waals surface area contributed by atoms with Crippen LogP contribution in [0.15, 0.2) is 29.2 Å². The standard InChI is InChI=1S/C16H23N3O4S.ClH/c1-23-16(20)14-4-2-3-5-15(14)24(21,22)19-9-6-13(12-19)18-10-7-17-8-11-18;/h2-5,13,17H,6-12H2,1H3;1H. The van der Waals surface area contributed by atoms with Crippen molar-refractivity contribution in [3.8, 4) is 0 Å². The van der Waals surface area contributed by atoms with Gasteiger partial charge in [0.25, 0.3) is 0 Å². The molecule has 0 radical (unpaired) electrons. The topological polar surface area (TPSA) is 79.0 Å². The summed E-state index contributed by atoms with van der Waals surface area (Å²) in [7, 11) is -2.45. The number of piperazine rings is 1. The lowest BCUT2D eigenvalue weighted by molar-refractivity contribution is 0.0596. The Morgan fingerprint density at radius 3 is 2.56 bits per heavy atom. The van der Waals surface area contributed by atoms with Crippen LogP contribution in [0.2, 0.25) is 0 Å². The second-order valence-corrected chi connectivity index (χ2v) is 7.99. The van der Waals surface area contributed by atoms with Crippen molar-refractivity contribution in [3.63, 3.8) is 0 Å². The summed E-state index contributed by atoms with van der Waals surface area (Å²) in [6, 6.07) is 6.47. The molecule has 9 heteroatoms. The number of carbonyl (C=O) groups excluding carboxylic acids is 1. The Labute approximate surface area is 154 Å². The molecule has 2 aliphatic rings. The predicted molar refractivity (Wildman–Crippen MR) is 96.6 cm³/mol. The maximum absolute atomic E-state index is 13.0. The van der Waals surface area contributed by atoms with Gasteiger partial charge in [0, 0.05) is 45.3 Å². The molecule has 140 valence electrons. The summed E-state index contributed by atoms with van der Waals surface area (Å²) in [4.78, 5) is 14.3. The van der Waals surface area contributed by atoms with Gasteiger partial charge in [0.1, 0.15) is 0 Å². The summed E-state index contributed by atoms with van der Waals surface area (Å²) in [5, 5.41) is 3.31. The van der Waals surface area contributed by atoms with E-state index < -0.39 is 16.0 Å². The molecule has 1 atom stereocenters. The minimum absolute atomic E-state index is 0. The maximum Gasteiger partial charge on any atom is 0.339 e. The highest BCUT2D eigenvalue weighted by molar-refractivity contribution is 7.89. The number of methoxy groups -OCH3 is 1. The van der Waals surface area contributed by atoms with Crippen molar-refractivity contribution in [1.82, 2.24) is 14.5 Å². The van der Waals surface area contributed by atoms with E-state index in [0.29, 0.717) is 13.1 Å². The first-order valence-electron chi connectivity index (χ1n) is 8.16. The zero-order valence-corrected chi connectivity index (χ0v) is 15.8. The lowest BCUT2D eigenvalue weighted by atomic mass is 10.2. The summed E-state index contributed by atoms with van der Waals surface area (Å²) < 4.78 is 32.2. The van der Waals surface area contributed by atoms with Gasteiger partial charge in [-0.1, -0.05) is 12.1 Å². The van der Waals surface area contributed by atoms with Gasteiger partial charge in [0.05, 0.1) is 17.6 Å². The lowest BCUT2D eigenvalue weighted by Gasteiger charge is -2.32. The van der Waals surface area contributed by atoms with Crippen LogP contribution in [0.3, 0.4) is 0 Å². The molecule has 0 amide bonds. The highest BCUT2D eigenvalue weighted by Gasteiger charge is 2.37. The molecule has 1 N–H and O–H groups in total. The van der Waals surface area contributed by atoms with Crippen LogP contribution >= 0.6 is 12.4 Å². The van der Waals surface area contributed by atoms with Crippen LogP contribution in [-0.2, 0) is 14.8 Å². The van der Waals surface area contributed by atoms with Gasteiger partial charge < -0.3 is 10.1 Å². The van der Waals surface area contributed by atoms with E-state index in [1.54, 1.807) is 12.1 Å². The molecule has 25 heavy (non-hydrogen) atoms. The summed E-state index contributed by atoms with van der Waals surface area (Å²) in [6.45, 7) is 4.71. The van der Waals surface area contributed by atoms with Crippen LogP contribution in [0, 0.1) is 0 Å². The van der Waals surface area contributed by atoms with Crippen LogP contribution in [-0.4, -0.2) is 76.0 Å². The van der Waals surface area contributed by atoms with Crippen molar-refractivity contribution in [2.45, 2.75) is 17.4 Å². The van der Waals surface area contributed by atoms with E-state index in [0.717, 1.165) is 32.6 Å². The minimum atomic E-state index is -3.71. The van der Waals surface area contributed by atoms with Crippen molar-refractivity contribution >= 4 is 28.4 Å². The van der Waals surface area contributed by atoms with Gasteiger partial charge in [0.15, 0.2) is 0 Å². The Morgan fingerprint density at radius 2 is 1.88 bits per heavy atom. The SMILES string of the molecule is COC(=O)c1ccccc1S(=O)(=O)N1CCC(N2CCNCC2)C1.Cl. The number of benzene rings is 1. The van der Waals surface area contributed by atoms with Crippen LogP contribution in [0.4, 0.5) is 0 Å². The van der Waals surface area contributed by atoms with Crippen LogP contribution in [0.25, 0.3) is 0 Å². The summed E-state index contributed by atoms with van der Waals surface area (Å²) in [5.41, 5.74) is 0.0885. The summed E-state index contributed by atoms with van der Waals surface area (Å²) >= 11 is 0. The number of nitrogens with zero attached hydrogens (tertiary/aromatic N) is 2. The van der Waals surface area contributed by atoms with E-state index >= 15 is 0 Å². The number of nitrogens with one attached hydrogen (secondary N) is 1. The molecule has 2 saturated heterocycles. The van der Waals surface area contributed by atoms with E-state index in [4.69, 9.17) is 4.74 Å². The highest BCUT2D eigenvalue weighted by atomic mass is 35.5. The normalized spacial score (nSPS) is 22.4. The van der Waals surface area contributed by atoms with E-state index in [2.05, 4.69) is 10.2 Å². The third kappa shape index (κ3) is 4.15. The molecule has 0 bridgehead atoms. The first kappa shape index (κ1) is 20.1. The average Bonchev–Trinajstić information content (AvgIpc) is 3.13. The van der Waals surface area contributed by atoms with Crippen molar-refractivity contribution in [1.29, 1.82) is 0 Å². The number of sulfonamides is 1. The number of halogens is 1. The van der Waals surface area contributed by atoms with E-state index in [1.807, 2.05) is 0 Å². The third-order valence-electron chi connectivity index (χ3n) is 4.70. The Bertz CT molecular complexity index is 707. The Kier molecular flexibility index (Phi) is 6.81. The van der Waals surface area contributed by atoms with E-state index in [1.165, 1.54) is 23.5 Å². The molecular formula is C16H24ClN3O4S. The van der Waals surface area contributed by atoms with Gasteiger partial charge in [0.2, 0.25) is 10.0 Å². The highest BCUT2D eigenvalue weighted by Crippen LogP contribution is 2.26. The first-order chi connectivity index (χ1) is 11.5. The summed E-state index contributed by atoms with van der Waals surface area (Å²) in [5.74, 6) is -0.632. The zero-order valence-electron chi connectivity index (χ0n) is 14.2. The molecule has 0 saturated carbocycles. The van der Waals surface area contributed by atoms with Crippen molar-refractivity contribution < 1.29 is 17.9 Å². The molecule has 2 aliphatic heterocycles. The first-order valence-corrected chi connectivity index (χ1v) is 9.60. The van der Waals surface area contributed by atoms with Gasteiger partial charge in [-0.2, -0.15) is 4.31 Å². The molecule has 0 aliphatic carbocycles. The second kappa shape index (κ2) is 8.46. The average molecular weight is 390 g/mol. The quantitative estimate of drug-likeness (QED) is 0.758. The number of hydrogen-bond acceptors (Lipinski definition) is 6. The molecule has 2 fully saturated rings. The fourth-order valence-corrected chi connectivity index (χ4v) is 5.06. The van der Waals surface area contributed by atoms with Crippen LogP contribution < -0.4 is 5.32 Å². The smallest absolute Gasteiger partial charge is 0.339 e. The Morgan fingerprint density at radius 1 is 1.20 bits per heavy atom. The van der Waals surface area contributed by atoms with Gasteiger partial charge in [-0.3, -0.25) is 4.90 Å². The van der Waals surface area contributed by atoms with Gasteiger partial charge in [-0.05, 0) is 18.6 Å². The molecule has 2 heterocycles. The fourth-order valence-electron chi connectivity index (χ4n) is 3.38. The number of ether oxygens (including phenoxy) is 1. The summed E-state index contributed by atoms with van der Waals surface area (Å²) in [6.07, 6.45) is 0.819. The minimum Gasteiger partial charge on any atom is -0.465 e. The third-order valence-corrected chi connectivity index (χ3v) is 6.63. The van der Waals surface area contributed by atoms with E-state index in [9.17, 15) is 13.2 Å². The second-order valence-electron chi connectivity index (χ2n) is 6.08. The van der Waals surface area contributed by atoms with Crippen LogP contribution in [0.1, 0.15) is 16.8 Å². The maximum atomic E-state index is 13.0. The molecule has 1 unspecified atom stereocenters. The molecule has 0 spiro atoms. The Balaban J connectivity index is 0.00000225. The number of esters is 1. The lowest BCUT2D eigenvalue weighted by Crippen LogP contribution is -2.49. The molecule has 3 rings (SSSR count). The van der Waals surface area contributed by atoms with Gasteiger partial charge in [-0.25, -0.2) is 13.2 Å². The molecule has 1 aromatic carbocycles. The van der Waals surface area contributed by atoms with Crippen molar-refractivity contribution in [2.24, 2.45) is 0 Å². The zero-order chi connectivity index (χ0) is 17.2. The fraction of sp³-hybridized carbons (Fsp3) is 0.562. The predicted octanol–water partition coefficient (Wildman–Crippen LogP) is 0.563. The van der Waals surface area contributed by atoms with Gasteiger partial charge >= 0.3 is 5.97 Å². The number of carbonyl (C=O) groups is 1. The number of hydrogen-bond donors (Lipinski definition) is 1.